The smallest absolute Gasteiger partial charge is 0.160 e. The number of para-hydroxylation sites is 3. The first kappa shape index (κ1) is 40.9. The quantitative estimate of drug-likeness (QED) is 0.152. The zero-order valence-electron chi connectivity index (χ0n) is 38.2. The van der Waals surface area contributed by atoms with E-state index in [4.69, 9.17) is 9.97 Å². The minimum atomic E-state index is 0.709. The van der Waals surface area contributed by atoms with Gasteiger partial charge >= 0.3 is 0 Å². The monoisotopic (exact) mass is 892 g/mol. The Morgan fingerprint density at radius 3 is 1.31 bits per heavy atom. The van der Waals surface area contributed by atoms with Gasteiger partial charge in [-0.05, 0) is 88.0 Å². The Hall–Kier alpha value is -9.38. The average molecular weight is 893 g/mol. The molecule has 12 aromatic rings. The summed E-state index contributed by atoms with van der Waals surface area (Å²) in [5.74, 6) is 0.709. The average Bonchev–Trinajstić information content (AvgIpc) is 3.73. The van der Waals surface area contributed by atoms with E-state index < -0.39 is 0 Å². The zero-order chi connectivity index (χ0) is 46.4. The van der Waals surface area contributed by atoms with Crippen LogP contribution in [0, 0.1) is 0 Å². The highest BCUT2D eigenvalue weighted by molar-refractivity contribution is 6.13. The molecule has 3 heterocycles. The van der Waals surface area contributed by atoms with E-state index in [2.05, 4.69) is 240 Å². The zero-order valence-corrected chi connectivity index (χ0v) is 38.2. The van der Waals surface area contributed by atoms with E-state index in [1.165, 1.54) is 44.5 Å². The number of anilines is 3. The van der Waals surface area contributed by atoms with Gasteiger partial charge in [-0.25, -0.2) is 9.97 Å². The summed E-state index contributed by atoms with van der Waals surface area (Å²) in [7, 11) is 0. The van der Waals surface area contributed by atoms with Crippen LogP contribution in [0.4, 0.5) is 17.1 Å². The van der Waals surface area contributed by atoms with Crippen LogP contribution in [0.5, 0.6) is 0 Å². The van der Waals surface area contributed by atoms with Gasteiger partial charge in [0.15, 0.2) is 5.82 Å². The SMILES string of the molecule is c1ccc(-c2cc(-c3ccccc3)cc(N3c4ccccc4-c4c(n(-c5ccc(-c6ccc(-c7cc(-c8ccccc8)nc(-c8ccccc8)n7)cc6)cc5)c5ccccc45)-c4ccccc43)c2)cc1. The molecule has 0 amide bonds. The van der Waals surface area contributed by atoms with Crippen LogP contribution in [0.25, 0.3) is 106 Å². The maximum atomic E-state index is 5.08. The molecule has 0 radical (unpaired) electrons. The van der Waals surface area contributed by atoms with Gasteiger partial charge in [0, 0.05) is 50.1 Å². The Balaban J connectivity index is 0.923. The fourth-order valence-electron chi connectivity index (χ4n) is 10.2. The minimum Gasteiger partial charge on any atom is -0.309 e. The predicted octanol–water partition coefficient (Wildman–Crippen LogP) is 17.5. The van der Waals surface area contributed by atoms with Crippen LogP contribution in [0.3, 0.4) is 0 Å². The number of fused-ring (bicyclic) bond motifs is 7. The fraction of sp³-hybridized carbons (Fsp3) is 0. The molecule has 0 unspecified atom stereocenters. The van der Waals surface area contributed by atoms with Crippen molar-refractivity contribution in [2.24, 2.45) is 0 Å². The van der Waals surface area contributed by atoms with Crippen LogP contribution in [0.15, 0.2) is 267 Å². The highest BCUT2D eigenvalue weighted by Gasteiger charge is 2.31. The molecular weight excluding hydrogens is 849 g/mol. The second-order valence-corrected chi connectivity index (χ2v) is 17.8. The van der Waals surface area contributed by atoms with Gasteiger partial charge in [0.05, 0.1) is 34.0 Å². The van der Waals surface area contributed by atoms with Crippen molar-refractivity contribution in [2.45, 2.75) is 0 Å². The van der Waals surface area contributed by atoms with Gasteiger partial charge in [-0.2, -0.15) is 0 Å². The molecule has 0 atom stereocenters. The van der Waals surface area contributed by atoms with Crippen LogP contribution >= 0.6 is 0 Å². The molecule has 4 heteroatoms. The molecule has 328 valence electrons. The summed E-state index contributed by atoms with van der Waals surface area (Å²) in [4.78, 5) is 12.5. The van der Waals surface area contributed by atoms with E-state index in [0.29, 0.717) is 5.82 Å². The third-order valence-corrected chi connectivity index (χ3v) is 13.5. The van der Waals surface area contributed by atoms with E-state index in [9.17, 15) is 0 Å². The van der Waals surface area contributed by atoms with Crippen LogP contribution < -0.4 is 4.90 Å². The summed E-state index contributed by atoms with van der Waals surface area (Å²) < 4.78 is 2.47. The van der Waals surface area contributed by atoms with Gasteiger partial charge < -0.3 is 9.47 Å². The Kier molecular flexibility index (Phi) is 10.1. The number of benzene rings is 10. The van der Waals surface area contributed by atoms with E-state index in [1.54, 1.807) is 0 Å². The van der Waals surface area contributed by atoms with Crippen LogP contribution in [-0.4, -0.2) is 14.5 Å². The summed E-state index contributed by atoms with van der Waals surface area (Å²) >= 11 is 0. The summed E-state index contributed by atoms with van der Waals surface area (Å²) in [5, 5.41) is 1.21. The van der Waals surface area contributed by atoms with Crippen molar-refractivity contribution >= 4 is 28.0 Å². The molecule has 0 fully saturated rings. The van der Waals surface area contributed by atoms with Gasteiger partial charge in [0.1, 0.15) is 0 Å². The predicted molar refractivity (Wildman–Crippen MR) is 291 cm³/mol. The van der Waals surface area contributed by atoms with Crippen molar-refractivity contribution in [2.75, 3.05) is 4.90 Å². The molecule has 0 aliphatic carbocycles. The normalized spacial score (nSPS) is 11.7. The van der Waals surface area contributed by atoms with Crippen LogP contribution in [0.1, 0.15) is 0 Å². The Morgan fingerprint density at radius 1 is 0.286 bits per heavy atom. The lowest BCUT2D eigenvalue weighted by Gasteiger charge is -2.28. The number of hydrogen-bond donors (Lipinski definition) is 0. The number of nitrogens with zero attached hydrogens (tertiary/aromatic N) is 4. The van der Waals surface area contributed by atoms with Crippen molar-refractivity contribution in [1.29, 1.82) is 0 Å². The number of aromatic nitrogens is 3. The molecule has 4 nitrogen and oxygen atoms in total. The minimum absolute atomic E-state index is 0.709. The van der Waals surface area contributed by atoms with Crippen molar-refractivity contribution in [3.05, 3.63) is 267 Å². The molecule has 1 aliphatic heterocycles. The number of hydrogen-bond acceptors (Lipinski definition) is 3. The third kappa shape index (κ3) is 7.27. The first-order valence-corrected chi connectivity index (χ1v) is 23.8. The lowest BCUT2D eigenvalue weighted by atomic mass is 9.97. The van der Waals surface area contributed by atoms with Crippen LogP contribution in [-0.2, 0) is 0 Å². The Bertz CT molecular complexity index is 3730. The van der Waals surface area contributed by atoms with Crippen LogP contribution in [0.2, 0.25) is 0 Å². The second kappa shape index (κ2) is 17.4. The first-order valence-electron chi connectivity index (χ1n) is 23.8. The van der Waals surface area contributed by atoms with Gasteiger partial charge in [-0.15, -0.1) is 0 Å². The van der Waals surface area contributed by atoms with Crippen molar-refractivity contribution in [3.8, 4) is 95.4 Å². The highest BCUT2D eigenvalue weighted by atomic mass is 15.2. The number of rotatable bonds is 8. The topological polar surface area (TPSA) is 34.0 Å². The molecule has 0 N–H and O–H groups in total. The fourth-order valence-corrected chi connectivity index (χ4v) is 10.2. The molecule has 2 aromatic heterocycles. The lowest BCUT2D eigenvalue weighted by Crippen LogP contribution is -2.11. The molecule has 0 bridgehead atoms. The molecule has 0 saturated heterocycles. The molecule has 70 heavy (non-hydrogen) atoms. The molecule has 0 saturated carbocycles. The molecule has 1 aliphatic rings. The first-order chi connectivity index (χ1) is 34.7. The van der Waals surface area contributed by atoms with Crippen molar-refractivity contribution < 1.29 is 0 Å². The third-order valence-electron chi connectivity index (χ3n) is 13.5. The van der Waals surface area contributed by atoms with Gasteiger partial charge in [0.2, 0.25) is 0 Å². The van der Waals surface area contributed by atoms with Gasteiger partial charge in [0.25, 0.3) is 0 Å². The molecule has 10 aromatic carbocycles. The second-order valence-electron chi connectivity index (χ2n) is 17.8. The Morgan fingerprint density at radius 2 is 0.714 bits per heavy atom. The highest BCUT2D eigenvalue weighted by Crippen LogP contribution is 2.55. The molecular formula is C66H44N4. The van der Waals surface area contributed by atoms with Gasteiger partial charge in [-0.3, -0.25) is 0 Å². The molecule has 0 spiro atoms. The van der Waals surface area contributed by atoms with Gasteiger partial charge in [-0.1, -0.05) is 212 Å². The van der Waals surface area contributed by atoms with E-state index in [0.717, 1.165) is 73.0 Å². The summed E-state index contributed by atoms with van der Waals surface area (Å²) in [6, 6.07) is 95.6. The summed E-state index contributed by atoms with van der Waals surface area (Å²) in [6.45, 7) is 0. The summed E-state index contributed by atoms with van der Waals surface area (Å²) in [6.07, 6.45) is 0. The lowest BCUT2D eigenvalue weighted by molar-refractivity contribution is 1.13. The van der Waals surface area contributed by atoms with E-state index in [1.807, 2.05) is 36.4 Å². The largest absolute Gasteiger partial charge is 0.309 e. The summed E-state index contributed by atoms with van der Waals surface area (Å²) in [5.41, 5.74) is 22.2. The van der Waals surface area contributed by atoms with E-state index >= 15 is 0 Å². The van der Waals surface area contributed by atoms with Crippen molar-refractivity contribution in [1.82, 2.24) is 14.5 Å². The van der Waals surface area contributed by atoms with Crippen molar-refractivity contribution in [3.63, 3.8) is 0 Å². The Labute approximate surface area is 407 Å². The maximum absolute atomic E-state index is 5.08. The standard InChI is InChI=1S/C66H44N4/c1-5-19-45(20-6-1)52-41-53(46-21-7-2-8-22-46)43-55(42-52)69-61-30-16-13-27-56(61)64-57-28-14-17-31-62(57)70(65(64)58-29-15-18-32-63(58)69)54-39-37-48(38-40-54)47-33-35-50(36-34-47)60-44-59(49-23-9-3-10-24-49)67-66(68-60)51-25-11-4-12-26-51/h1-44H. The molecule has 13 rings (SSSR count). The maximum Gasteiger partial charge on any atom is 0.160 e. The van der Waals surface area contributed by atoms with E-state index in [-0.39, 0.29) is 0 Å².